The quantitative estimate of drug-likeness (QED) is 0.835. The minimum atomic E-state index is -0.439. The van der Waals surface area contributed by atoms with E-state index in [1.807, 2.05) is 13.8 Å². The maximum atomic E-state index is 13.6. The van der Waals surface area contributed by atoms with E-state index in [1.54, 1.807) is 12.1 Å². The summed E-state index contributed by atoms with van der Waals surface area (Å²) in [7, 11) is 0. The molecule has 1 rings (SSSR count). The van der Waals surface area contributed by atoms with Crippen LogP contribution in [-0.4, -0.2) is 11.9 Å². The largest absolute Gasteiger partial charge is 0.328 e. The van der Waals surface area contributed by atoms with Crippen molar-refractivity contribution in [1.29, 1.82) is 0 Å². The number of hydrogen-bond acceptors (Lipinski definition) is 2. The van der Waals surface area contributed by atoms with Crippen LogP contribution in [0.1, 0.15) is 33.1 Å². The van der Waals surface area contributed by atoms with Gasteiger partial charge in [-0.05, 0) is 38.0 Å². The summed E-state index contributed by atoms with van der Waals surface area (Å²) < 4.78 is 14.2. The monoisotopic (exact) mass is 330 g/mol. The predicted molar refractivity (Wildman–Crippen MR) is 79.4 cm³/mol. The summed E-state index contributed by atoms with van der Waals surface area (Å²) >= 11 is 3.17. The number of hydrogen-bond donors (Lipinski definition) is 2. The first kappa shape index (κ1) is 16.1. The summed E-state index contributed by atoms with van der Waals surface area (Å²) in [5.41, 5.74) is 5.87. The molecule has 1 amide bonds. The molecular weight excluding hydrogens is 311 g/mol. The third kappa shape index (κ3) is 5.70. The summed E-state index contributed by atoms with van der Waals surface area (Å²) in [5.74, 6) is -0.752. The van der Waals surface area contributed by atoms with Crippen molar-refractivity contribution in [2.24, 2.45) is 11.7 Å². The maximum Gasteiger partial charge on any atom is 0.227 e. The average molecular weight is 331 g/mol. The first-order chi connectivity index (χ1) is 8.90. The van der Waals surface area contributed by atoms with Crippen molar-refractivity contribution in [2.45, 2.75) is 39.2 Å². The number of nitrogens with one attached hydrogen (secondary N) is 1. The molecule has 2 atom stereocenters. The van der Waals surface area contributed by atoms with Crippen LogP contribution in [0.4, 0.5) is 10.1 Å². The van der Waals surface area contributed by atoms with Crippen LogP contribution >= 0.6 is 15.9 Å². The van der Waals surface area contributed by atoms with Crippen LogP contribution in [0.2, 0.25) is 0 Å². The molecular formula is C14H20BrFN2O. The van der Waals surface area contributed by atoms with E-state index in [-0.39, 0.29) is 23.6 Å². The lowest BCUT2D eigenvalue weighted by molar-refractivity contribution is -0.119. The van der Waals surface area contributed by atoms with E-state index in [0.29, 0.717) is 4.47 Å². The van der Waals surface area contributed by atoms with Crippen LogP contribution in [0.3, 0.4) is 0 Å². The van der Waals surface area contributed by atoms with Crippen molar-refractivity contribution in [2.75, 3.05) is 5.32 Å². The van der Waals surface area contributed by atoms with E-state index in [1.165, 1.54) is 6.07 Å². The van der Waals surface area contributed by atoms with Gasteiger partial charge in [-0.15, -0.1) is 0 Å². The highest BCUT2D eigenvalue weighted by Gasteiger charge is 2.14. The normalized spacial score (nSPS) is 13.9. The lowest BCUT2D eigenvalue weighted by Crippen LogP contribution is -2.22. The van der Waals surface area contributed by atoms with Gasteiger partial charge in [0.1, 0.15) is 5.82 Å². The van der Waals surface area contributed by atoms with E-state index in [0.717, 1.165) is 19.3 Å². The van der Waals surface area contributed by atoms with Gasteiger partial charge in [-0.2, -0.15) is 0 Å². The van der Waals surface area contributed by atoms with E-state index in [9.17, 15) is 9.18 Å². The molecule has 0 spiro atoms. The molecule has 106 valence electrons. The number of amides is 1. The van der Waals surface area contributed by atoms with Gasteiger partial charge in [0.25, 0.3) is 0 Å². The standard InChI is InChI=1S/C14H20BrFN2O/c1-9(4-3-5-10(2)17)14(19)18-13-7-6-11(15)8-12(13)16/h6-10H,3-5,17H2,1-2H3,(H,18,19). The zero-order valence-electron chi connectivity index (χ0n) is 11.2. The molecule has 0 aliphatic carbocycles. The molecule has 1 aromatic carbocycles. The minimum absolute atomic E-state index is 0.151. The maximum absolute atomic E-state index is 13.6. The molecule has 3 nitrogen and oxygen atoms in total. The van der Waals surface area contributed by atoms with Crippen LogP contribution in [0.5, 0.6) is 0 Å². The summed E-state index contributed by atoms with van der Waals surface area (Å²) in [5, 5.41) is 2.61. The molecule has 0 aliphatic rings. The number of carbonyl (C=O) groups is 1. The molecule has 0 saturated carbocycles. The highest BCUT2D eigenvalue weighted by Crippen LogP contribution is 2.20. The molecule has 2 unspecified atom stereocenters. The minimum Gasteiger partial charge on any atom is -0.328 e. The Morgan fingerprint density at radius 1 is 1.42 bits per heavy atom. The molecule has 19 heavy (non-hydrogen) atoms. The summed E-state index contributed by atoms with van der Waals surface area (Å²) in [6.45, 7) is 3.79. The van der Waals surface area contributed by atoms with Gasteiger partial charge < -0.3 is 11.1 Å². The van der Waals surface area contributed by atoms with Crippen LogP contribution in [0, 0.1) is 11.7 Å². The van der Waals surface area contributed by atoms with Gasteiger partial charge >= 0.3 is 0 Å². The fourth-order valence-electron chi connectivity index (χ4n) is 1.72. The number of nitrogens with two attached hydrogens (primary N) is 1. The first-order valence-corrected chi connectivity index (χ1v) is 7.21. The molecule has 5 heteroatoms. The van der Waals surface area contributed by atoms with Gasteiger partial charge in [0, 0.05) is 16.4 Å². The Kier molecular flexibility index (Phi) is 6.45. The number of rotatable bonds is 6. The lowest BCUT2D eigenvalue weighted by Gasteiger charge is -2.13. The van der Waals surface area contributed by atoms with E-state index >= 15 is 0 Å². The van der Waals surface area contributed by atoms with Gasteiger partial charge in [0.15, 0.2) is 0 Å². The molecule has 3 N–H and O–H groups in total. The second-order valence-electron chi connectivity index (χ2n) is 4.92. The van der Waals surface area contributed by atoms with E-state index < -0.39 is 5.82 Å². The molecule has 0 saturated heterocycles. The number of anilines is 1. The molecule has 0 bridgehead atoms. The van der Waals surface area contributed by atoms with Crippen molar-refractivity contribution in [3.63, 3.8) is 0 Å². The second-order valence-corrected chi connectivity index (χ2v) is 5.84. The summed E-state index contributed by atoms with van der Waals surface area (Å²) in [6.07, 6.45) is 2.55. The van der Waals surface area contributed by atoms with Gasteiger partial charge in [-0.3, -0.25) is 4.79 Å². The van der Waals surface area contributed by atoms with Crippen LogP contribution < -0.4 is 11.1 Å². The fraction of sp³-hybridized carbons (Fsp3) is 0.500. The SMILES string of the molecule is CC(N)CCCC(C)C(=O)Nc1ccc(Br)cc1F. The second kappa shape index (κ2) is 7.60. The van der Waals surface area contributed by atoms with E-state index in [2.05, 4.69) is 21.2 Å². The van der Waals surface area contributed by atoms with Crippen molar-refractivity contribution in [3.8, 4) is 0 Å². The smallest absolute Gasteiger partial charge is 0.227 e. The van der Waals surface area contributed by atoms with Gasteiger partial charge in [-0.1, -0.05) is 29.3 Å². The van der Waals surface area contributed by atoms with Crippen molar-refractivity contribution >= 4 is 27.5 Å². The van der Waals surface area contributed by atoms with Crippen LogP contribution in [-0.2, 0) is 4.79 Å². The Bertz CT molecular complexity index is 437. The molecule has 0 heterocycles. The highest BCUT2D eigenvalue weighted by molar-refractivity contribution is 9.10. The zero-order valence-corrected chi connectivity index (χ0v) is 12.8. The average Bonchev–Trinajstić information content (AvgIpc) is 2.32. The number of carbonyl (C=O) groups excluding carboxylic acids is 1. The van der Waals surface area contributed by atoms with Gasteiger partial charge in [0.2, 0.25) is 5.91 Å². The highest BCUT2D eigenvalue weighted by atomic mass is 79.9. The molecule has 0 aliphatic heterocycles. The van der Waals surface area contributed by atoms with E-state index in [4.69, 9.17) is 5.73 Å². The number of halogens is 2. The van der Waals surface area contributed by atoms with Crippen molar-refractivity contribution < 1.29 is 9.18 Å². The van der Waals surface area contributed by atoms with Crippen molar-refractivity contribution in [3.05, 3.63) is 28.5 Å². The van der Waals surface area contributed by atoms with Crippen molar-refractivity contribution in [1.82, 2.24) is 0 Å². The van der Waals surface area contributed by atoms with Gasteiger partial charge in [-0.25, -0.2) is 4.39 Å². The number of benzene rings is 1. The molecule has 0 aromatic heterocycles. The molecule has 0 fully saturated rings. The Hall–Kier alpha value is -0.940. The Labute approximate surface area is 121 Å². The third-order valence-electron chi connectivity index (χ3n) is 2.93. The summed E-state index contributed by atoms with van der Waals surface area (Å²) in [4.78, 5) is 11.9. The molecule has 0 radical (unpaired) electrons. The van der Waals surface area contributed by atoms with Crippen LogP contribution in [0.15, 0.2) is 22.7 Å². The summed E-state index contributed by atoms with van der Waals surface area (Å²) in [6, 6.07) is 4.72. The third-order valence-corrected chi connectivity index (χ3v) is 3.43. The van der Waals surface area contributed by atoms with Gasteiger partial charge in [0.05, 0.1) is 5.69 Å². The zero-order chi connectivity index (χ0) is 14.4. The van der Waals surface area contributed by atoms with Crippen LogP contribution in [0.25, 0.3) is 0 Å². The Morgan fingerprint density at radius 2 is 2.11 bits per heavy atom. The topological polar surface area (TPSA) is 55.1 Å². The Balaban J connectivity index is 2.49. The molecule has 1 aromatic rings. The predicted octanol–water partition coefficient (Wildman–Crippen LogP) is 3.68. The first-order valence-electron chi connectivity index (χ1n) is 6.41. The fourth-order valence-corrected chi connectivity index (χ4v) is 2.06. The Morgan fingerprint density at radius 3 is 2.68 bits per heavy atom. The lowest BCUT2D eigenvalue weighted by atomic mass is 10.0.